The van der Waals surface area contributed by atoms with Gasteiger partial charge < -0.3 is 5.11 Å². The topological polar surface area (TPSA) is 20.2 Å². The Balaban J connectivity index is 2.26. The summed E-state index contributed by atoms with van der Waals surface area (Å²) in [4.78, 5) is 2.38. The Morgan fingerprint density at radius 1 is 0.947 bits per heavy atom. The number of aliphatic hydroxyl groups is 1. The second-order valence-electron chi connectivity index (χ2n) is 5.49. The highest BCUT2D eigenvalue weighted by molar-refractivity contribution is 7.12. The first kappa shape index (κ1) is 14.3. The lowest BCUT2D eigenvalue weighted by molar-refractivity contribution is 0.182. The minimum atomic E-state index is -0.391. The van der Waals surface area contributed by atoms with Crippen LogP contribution in [0, 0.1) is 34.6 Å². The summed E-state index contributed by atoms with van der Waals surface area (Å²) in [5, 5.41) is 10.4. The highest BCUT2D eigenvalue weighted by Crippen LogP contribution is 2.30. The summed E-state index contributed by atoms with van der Waals surface area (Å²) in [6, 6.07) is 6.50. The van der Waals surface area contributed by atoms with E-state index in [0.29, 0.717) is 6.42 Å². The maximum atomic E-state index is 10.4. The fourth-order valence-electron chi connectivity index (χ4n) is 2.59. The summed E-state index contributed by atoms with van der Waals surface area (Å²) in [6.45, 7) is 10.6. The molecule has 0 radical (unpaired) electrons. The zero-order valence-electron chi connectivity index (χ0n) is 12.4. The first-order chi connectivity index (χ1) is 8.88. The van der Waals surface area contributed by atoms with Gasteiger partial charge in [-0.15, -0.1) is 11.3 Å². The summed E-state index contributed by atoms with van der Waals surface area (Å²) in [5.41, 5.74) is 6.40. The molecule has 0 aliphatic heterocycles. The molecule has 1 N–H and O–H groups in total. The molecule has 1 nitrogen and oxygen atoms in total. The maximum absolute atomic E-state index is 10.4. The molecule has 0 amide bonds. The van der Waals surface area contributed by atoms with Crippen LogP contribution in [0.3, 0.4) is 0 Å². The van der Waals surface area contributed by atoms with E-state index in [1.54, 1.807) is 11.3 Å². The quantitative estimate of drug-likeness (QED) is 0.869. The summed E-state index contributed by atoms with van der Waals surface area (Å²) >= 11 is 1.71. The Kier molecular flexibility index (Phi) is 4.12. The standard InChI is InChI=1S/C17H22OS/c1-10-6-12(3)15(13(4)7-10)9-16(18)17-8-11(2)14(5)19-17/h6-8,16,18H,9H2,1-5H3. The van der Waals surface area contributed by atoms with Gasteiger partial charge in [-0.1, -0.05) is 17.7 Å². The third-order valence-corrected chi connectivity index (χ3v) is 5.01. The number of aryl methyl sites for hydroxylation is 5. The average Bonchev–Trinajstić information content (AvgIpc) is 2.64. The van der Waals surface area contributed by atoms with Crippen LogP contribution in [0.15, 0.2) is 18.2 Å². The molecular weight excluding hydrogens is 252 g/mol. The predicted octanol–water partition coefficient (Wildman–Crippen LogP) is 4.57. The molecule has 0 spiro atoms. The summed E-state index contributed by atoms with van der Waals surface area (Å²) in [7, 11) is 0. The van der Waals surface area contributed by atoms with Gasteiger partial charge >= 0.3 is 0 Å². The second-order valence-corrected chi connectivity index (χ2v) is 6.77. The molecule has 1 heterocycles. The first-order valence-electron chi connectivity index (χ1n) is 6.70. The van der Waals surface area contributed by atoms with Crippen LogP contribution in [-0.2, 0) is 6.42 Å². The Hall–Kier alpha value is -1.12. The lowest BCUT2D eigenvalue weighted by atomic mass is 9.95. The molecule has 102 valence electrons. The molecule has 0 aliphatic rings. The lowest BCUT2D eigenvalue weighted by Gasteiger charge is -2.14. The Morgan fingerprint density at radius 3 is 2.00 bits per heavy atom. The van der Waals surface area contributed by atoms with Crippen molar-refractivity contribution < 1.29 is 5.11 Å². The van der Waals surface area contributed by atoms with Gasteiger partial charge in [0.1, 0.15) is 0 Å². The SMILES string of the molecule is Cc1cc(C)c(CC(O)c2cc(C)c(C)s2)c(C)c1. The van der Waals surface area contributed by atoms with Crippen LogP contribution in [0.4, 0.5) is 0 Å². The van der Waals surface area contributed by atoms with Crippen molar-refractivity contribution >= 4 is 11.3 Å². The maximum Gasteiger partial charge on any atom is 0.0922 e. The zero-order valence-corrected chi connectivity index (χ0v) is 13.2. The highest BCUT2D eigenvalue weighted by Gasteiger charge is 2.15. The van der Waals surface area contributed by atoms with Crippen LogP contribution in [0.5, 0.6) is 0 Å². The van der Waals surface area contributed by atoms with Crippen LogP contribution in [0.25, 0.3) is 0 Å². The molecule has 19 heavy (non-hydrogen) atoms. The van der Waals surface area contributed by atoms with Crippen molar-refractivity contribution in [2.45, 2.75) is 47.1 Å². The van der Waals surface area contributed by atoms with E-state index >= 15 is 0 Å². The Bertz CT molecular complexity index is 553. The molecule has 0 aliphatic carbocycles. The van der Waals surface area contributed by atoms with E-state index in [2.05, 4.69) is 52.8 Å². The van der Waals surface area contributed by atoms with Gasteiger partial charge in [0.15, 0.2) is 0 Å². The molecule has 0 saturated carbocycles. The number of rotatable bonds is 3. The molecular formula is C17H22OS. The van der Waals surface area contributed by atoms with Gasteiger partial charge in [0.2, 0.25) is 0 Å². The van der Waals surface area contributed by atoms with E-state index in [-0.39, 0.29) is 0 Å². The van der Waals surface area contributed by atoms with Crippen LogP contribution in [0.1, 0.15) is 43.7 Å². The summed E-state index contributed by atoms with van der Waals surface area (Å²) in [6.07, 6.45) is 0.314. The normalized spacial score (nSPS) is 12.7. The molecule has 2 rings (SSSR count). The summed E-state index contributed by atoms with van der Waals surface area (Å²) in [5.74, 6) is 0. The van der Waals surface area contributed by atoms with Crippen LogP contribution in [-0.4, -0.2) is 5.11 Å². The molecule has 1 atom stereocenters. The average molecular weight is 274 g/mol. The van der Waals surface area contributed by atoms with Crippen molar-refractivity contribution in [1.82, 2.24) is 0 Å². The Morgan fingerprint density at radius 2 is 1.53 bits per heavy atom. The van der Waals surface area contributed by atoms with E-state index in [0.717, 1.165) is 4.88 Å². The molecule has 0 bridgehead atoms. The van der Waals surface area contributed by atoms with Crippen molar-refractivity contribution in [2.75, 3.05) is 0 Å². The van der Waals surface area contributed by atoms with E-state index in [9.17, 15) is 5.11 Å². The van der Waals surface area contributed by atoms with Crippen molar-refractivity contribution in [1.29, 1.82) is 0 Å². The van der Waals surface area contributed by atoms with E-state index < -0.39 is 6.10 Å². The molecule has 1 unspecified atom stereocenters. The first-order valence-corrected chi connectivity index (χ1v) is 7.52. The van der Waals surface area contributed by atoms with E-state index in [4.69, 9.17) is 0 Å². The molecule has 2 aromatic rings. The number of hydrogen-bond acceptors (Lipinski definition) is 2. The minimum absolute atomic E-state index is 0.391. The van der Waals surface area contributed by atoms with Crippen molar-refractivity contribution in [3.05, 3.63) is 55.8 Å². The summed E-state index contributed by atoms with van der Waals surface area (Å²) < 4.78 is 0. The largest absolute Gasteiger partial charge is 0.387 e. The van der Waals surface area contributed by atoms with Gasteiger partial charge in [0.25, 0.3) is 0 Å². The highest BCUT2D eigenvalue weighted by atomic mass is 32.1. The number of benzene rings is 1. The smallest absolute Gasteiger partial charge is 0.0922 e. The molecule has 2 heteroatoms. The van der Waals surface area contributed by atoms with Crippen LogP contribution < -0.4 is 0 Å². The predicted molar refractivity (Wildman–Crippen MR) is 83.1 cm³/mol. The van der Waals surface area contributed by atoms with Gasteiger partial charge in [0, 0.05) is 16.2 Å². The lowest BCUT2D eigenvalue weighted by Crippen LogP contribution is -2.04. The molecule has 1 aromatic carbocycles. The van der Waals surface area contributed by atoms with Crippen LogP contribution in [0.2, 0.25) is 0 Å². The van der Waals surface area contributed by atoms with Crippen molar-refractivity contribution in [3.63, 3.8) is 0 Å². The monoisotopic (exact) mass is 274 g/mol. The fraction of sp³-hybridized carbons (Fsp3) is 0.412. The van der Waals surface area contributed by atoms with Gasteiger partial charge in [-0.25, -0.2) is 0 Å². The molecule has 1 aromatic heterocycles. The second kappa shape index (κ2) is 5.48. The number of aliphatic hydroxyl groups excluding tert-OH is 1. The molecule has 0 fully saturated rings. The number of thiophene rings is 1. The van der Waals surface area contributed by atoms with Crippen LogP contribution >= 0.6 is 11.3 Å². The van der Waals surface area contributed by atoms with E-state index in [1.165, 1.54) is 32.7 Å². The fourth-order valence-corrected chi connectivity index (χ4v) is 3.62. The van der Waals surface area contributed by atoms with E-state index in [1.807, 2.05) is 0 Å². The Labute approximate surface area is 119 Å². The van der Waals surface area contributed by atoms with Gasteiger partial charge in [0.05, 0.1) is 6.10 Å². The van der Waals surface area contributed by atoms with Gasteiger partial charge in [-0.2, -0.15) is 0 Å². The third kappa shape index (κ3) is 3.07. The van der Waals surface area contributed by atoms with Gasteiger partial charge in [-0.3, -0.25) is 0 Å². The van der Waals surface area contributed by atoms with Gasteiger partial charge in [-0.05, 0) is 62.9 Å². The minimum Gasteiger partial charge on any atom is -0.387 e. The number of hydrogen-bond donors (Lipinski definition) is 1. The van der Waals surface area contributed by atoms with Crippen molar-refractivity contribution in [3.8, 4) is 0 Å². The van der Waals surface area contributed by atoms with Crippen molar-refractivity contribution in [2.24, 2.45) is 0 Å². The molecule has 0 saturated heterocycles. The zero-order chi connectivity index (χ0) is 14.2. The third-order valence-electron chi connectivity index (χ3n) is 3.75.